The number of pyridine rings is 1. The molecule has 1 aliphatic heterocycles. The van der Waals surface area contributed by atoms with Gasteiger partial charge in [-0.25, -0.2) is 4.79 Å². The predicted molar refractivity (Wildman–Crippen MR) is 63.8 cm³/mol. The van der Waals surface area contributed by atoms with E-state index in [2.05, 4.69) is 10.3 Å². The number of nitrogens with one attached hydrogen (secondary N) is 1. The summed E-state index contributed by atoms with van der Waals surface area (Å²) < 4.78 is 5.25. The molecule has 3 N–H and O–H groups in total. The molecule has 2 heterocycles. The Balaban J connectivity index is 1.83. The minimum absolute atomic E-state index is 0.0873. The second-order valence-corrected chi connectivity index (χ2v) is 4.30. The van der Waals surface area contributed by atoms with E-state index in [1.54, 1.807) is 0 Å². The number of carbonyl (C=O) groups excluding carboxylic acids is 1. The van der Waals surface area contributed by atoms with Crippen molar-refractivity contribution in [2.75, 3.05) is 6.54 Å². The summed E-state index contributed by atoms with van der Waals surface area (Å²) in [6, 6.07) is 1.30. The van der Waals surface area contributed by atoms with Crippen molar-refractivity contribution in [3.63, 3.8) is 0 Å². The maximum atomic E-state index is 11.7. The van der Waals surface area contributed by atoms with Crippen LogP contribution in [0.1, 0.15) is 23.2 Å². The van der Waals surface area contributed by atoms with Gasteiger partial charge in [0.05, 0.1) is 17.9 Å². The molecule has 1 aromatic rings. The Morgan fingerprint density at radius 3 is 2.84 bits per heavy atom. The van der Waals surface area contributed by atoms with Crippen molar-refractivity contribution in [1.29, 1.82) is 0 Å². The highest BCUT2D eigenvalue weighted by molar-refractivity contribution is 5.94. The highest BCUT2D eigenvalue weighted by Crippen LogP contribution is 2.19. The summed E-state index contributed by atoms with van der Waals surface area (Å²) in [4.78, 5) is 26.1. The van der Waals surface area contributed by atoms with Crippen molar-refractivity contribution in [2.24, 2.45) is 0 Å². The van der Waals surface area contributed by atoms with E-state index in [1.165, 1.54) is 18.5 Å². The molecule has 1 aliphatic rings. The zero-order chi connectivity index (χ0) is 13.8. The molecule has 1 fully saturated rings. The van der Waals surface area contributed by atoms with Gasteiger partial charge in [-0.3, -0.25) is 9.78 Å². The van der Waals surface area contributed by atoms with Gasteiger partial charge < -0.3 is 20.3 Å². The minimum atomic E-state index is -0.981. The fourth-order valence-electron chi connectivity index (χ4n) is 1.90. The van der Waals surface area contributed by atoms with Gasteiger partial charge in [0.1, 0.15) is 5.75 Å². The van der Waals surface area contributed by atoms with Crippen LogP contribution in [-0.4, -0.2) is 45.8 Å². The molecular formula is C12H14N2O5. The molecule has 2 unspecified atom stereocenters. The maximum absolute atomic E-state index is 11.7. The number of rotatable bonds is 4. The quantitative estimate of drug-likeness (QED) is 0.715. The lowest BCUT2D eigenvalue weighted by Crippen LogP contribution is -2.33. The zero-order valence-electron chi connectivity index (χ0n) is 10.1. The maximum Gasteiger partial charge on any atom is 0.332 e. The SMILES string of the molecule is O=C(NCC1CCC(C(=O)O)O1)c1cncc(O)c1. The van der Waals surface area contributed by atoms with Crippen molar-refractivity contribution in [3.05, 3.63) is 24.0 Å². The number of hydrogen-bond donors (Lipinski definition) is 3. The lowest BCUT2D eigenvalue weighted by molar-refractivity contribution is -0.149. The van der Waals surface area contributed by atoms with E-state index in [1.807, 2.05) is 0 Å². The van der Waals surface area contributed by atoms with Crippen LogP contribution in [0.4, 0.5) is 0 Å². The van der Waals surface area contributed by atoms with Gasteiger partial charge in [0, 0.05) is 12.7 Å². The van der Waals surface area contributed by atoms with Crippen LogP contribution in [0.3, 0.4) is 0 Å². The van der Waals surface area contributed by atoms with Gasteiger partial charge in [-0.15, -0.1) is 0 Å². The van der Waals surface area contributed by atoms with Crippen LogP contribution in [0.5, 0.6) is 5.75 Å². The third-order valence-corrected chi connectivity index (χ3v) is 2.86. The van der Waals surface area contributed by atoms with Crippen molar-refractivity contribution in [2.45, 2.75) is 25.0 Å². The van der Waals surface area contributed by atoms with Gasteiger partial charge in [0.25, 0.3) is 5.91 Å². The molecule has 2 rings (SSSR count). The number of amides is 1. The number of aliphatic carboxylic acids is 1. The first-order valence-corrected chi connectivity index (χ1v) is 5.86. The standard InChI is InChI=1S/C12H14N2O5/c15-8-3-7(4-13-5-8)11(16)14-6-9-1-2-10(19-9)12(17)18/h3-5,9-10,15H,1-2,6H2,(H,14,16)(H,17,18). The number of aromatic nitrogens is 1. The Morgan fingerprint density at radius 1 is 1.42 bits per heavy atom. The number of carboxylic acids is 1. The second-order valence-electron chi connectivity index (χ2n) is 4.30. The normalized spacial score (nSPS) is 22.1. The lowest BCUT2D eigenvalue weighted by Gasteiger charge is -2.12. The number of ether oxygens (including phenoxy) is 1. The van der Waals surface area contributed by atoms with Gasteiger partial charge in [-0.2, -0.15) is 0 Å². The first-order chi connectivity index (χ1) is 9.06. The van der Waals surface area contributed by atoms with Crippen LogP contribution < -0.4 is 5.32 Å². The average molecular weight is 266 g/mol. The molecule has 1 saturated heterocycles. The van der Waals surface area contributed by atoms with Crippen LogP contribution in [0.2, 0.25) is 0 Å². The summed E-state index contributed by atoms with van der Waals surface area (Å²) in [6.45, 7) is 0.234. The molecule has 0 radical (unpaired) electrons. The van der Waals surface area contributed by atoms with E-state index in [0.29, 0.717) is 12.8 Å². The van der Waals surface area contributed by atoms with E-state index in [0.717, 1.165) is 0 Å². The van der Waals surface area contributed by atoms with Crippen LogP contribution >= 0.6 is 0 Å². The first-order valence-electron chi connectivity index (χ1n) is 5.86. The third kappa shape index (κ3) is 3.41. The predicted octanol–water partition coefficient (Wildman–Crippen LogP) is 0.149. The third-order valence-electron chi connectivity index (χ3n) is 2.86. The Morgan fingerprint density at radius 2 is 2.21 bits per heavy atom. The second kappa shape index (κ2) is 5.66. The topological polar surface area (TPSA) is 109 Å². The first kappa shape index (κ1) is 13.3. The summed E-state index contributed by atoms with van der Waals surface area (Å²) in [5.74, 6) is -1.45. The van der Waals surface area contributed by atoms with Crippen LogP contribution in [-0.2, 0) is 9.53 Å². The van der Waals surface area contributed by atoms with Crippen molar-refractivity contribution in [3.8, 4) is 5.75 Å². The molecule has 0 bridgehead atoms. The molecule has 1 aromatic heterocycles. The Bertz CT molecular complexity index is 491. The molecule has 19 heavy (non-hydrogen) atoms. The van der Waals surface area contributed by atoms with Crippen LogP contribution in [0.25, 0.3) is 0 Å². The molecule has 2 atom stereocenters. The number of hydrogen-bond acceptors (Lipinski definition) is 5. The number of aromatic hydroxyl groups is 1. The summed E-state index contributed by atoms with van der Waals surface area (Å²) in [5.41, 5.74) is 0.243. The van der Waals surface area contributed by atoms with Gasteiger partial charge in [-0.1, -0.05) is 0 Å². The molecule has 7 heteroatoms. The van der Waals surface area contributed by atoms with E-state index in [-0.39, 0.29) is 29.9 Å². The molecular weight excluding hydrogens is 252 g/mol. The highest BCUT2D eigenvalue weighted by Gasteiger charge is 2.30. The fourth-order valence-corrected chi connectivity index (χ4v) is 1.90. The average Bonchev–Trinajstić information content (AvgIpc) is 2.85. The van der Waals surface area contributed by atoms with E-state index >= 15 is 0 Å². The van der Waals surface area contributed by atoms with Crippen molar-refractivity contribution >= 4 is 11.9 Å². The van der Waals surface area contributed by atoms with E-state index in [9.17, 15) is 14.7 Å². The van der Waals surface area contributed by atoms with Gasteiger partial charge in [-0.05, 0) is 18.9 Å². The Kier molecular flexibility index (Phi) is 3.96. The summed E-state index contributed by atoms with van der Waals surface area (Å²) in [6.07, 6.45) is 2.53. The molecule has 1 amide bonds. The van der Waals surface area contributed by atoms with Crippen LogP contribution in [0.15, 0.2) is 18.5 Å². The Hall–Kier alpha value is -2.15. The molecule has 0 aliphatic carbocycles. The minimum Gasteiger partial charge on any atom is -0.506 e. The van der Waals surface area contributed by atoms with Crippen molar-refractivity contribution < 1.29 is 24.5 Å². The highest BCUT2D eigenvalue weighted by atomic mass is 16.5. The molecule has 0 aromatic carbocycles. The van der Waals surface area contributed by atoms with E-state index < -0.39 is 12.1 Å². The fraction of sp³-hybridized carbons (Fsp3) is 0.417. The number of carbonyl (C=O) groups is 2. The Labute approximate surface area is 109 Å². The molecule has 0 saturated carbocycles. The van der Waals surface area contributed by atoms with Gasteiger partial charge >= 0.3 is 5.97 Å². The number of nitrogens with zero attached hydrogens (tertiary/aromatic N) is 1. The molecule has 7 nitrogen and oxygen atoms in total. The zero-order valence-corrected chi connectivity index (χ0v) is 10.1. The van der Waals surface area contributed by atoms with E-state index in [4.69, 9.17) is 9.84 Å². The largest absolute Gasteiger partial charge is 0.506 e. The van der Waals surface area contributed by atoms with Crippen molar-refractivity contribution in [1.82, 2.24) is 10.3 Å². The molecule has 0 spiro atoms. The smallest absolute Gasteiger partial charge is 0.332 e. The van der Waals surface area contributed by atoms with Crippen LogP contribution in [0, 0.1) is 0 Å². The molecule has 102 valence electrons. The van der Waals surface area contributed by atoms with Gasteiger partial charge in [0.2, 0.25) is 0 Å². The number of carboxylic acid groups (broad SMARTS) is 1. The lowest BCUT2D eigenvalue weighted by atomic mass is 10.2. The summed E-state index contributed by atoms with van der Waals surface area (Å²) >= 11 is 0. The summed E-state index contributed by atoms with van der Waals surface area (Å²) in [7, 11) is 0. The monoisotopic (exact) mass is 266 g/mol. The summed E-state index contributed by atoms with van der Waals surface area (Å²) in [5, 5.41) is 20.6. The van der Waals surface area contributed by atoms with Gasteiger partial charge in [0.15, 0.2) is 6.10 Å².